The van der Waals surface area contributed by atoms with Crippen molar-refractivity contribution >= 4 is 0 Å². The van der Waals surface area contributed by atoms with Crippen LogP contribution in [0.1, 0.15) is 6.42 Å². The van der Waals surface area contributed by atoms with Crippen molar-refractivity contribution in [3.63, 3.8) is 0 Å². The van der Waals surface area contributed by atoms with Gasteiger partial charge in [0.25, 0.3) is 0 Å². The van der Waals surface area contributed by atoms with Crippen LogP contribution in [0.2, 0.25) is 0 Å². The van der Waals surface area contributed by atoms with Gasteiger partial charge in [-0.3, -0.25) is 0 Å². The molecule has 0 unspecified atom stereocenters. The van der Waals surface area contributed by atoms with Crippen molar-refractivity contribution < 1.29 is 0 Å². The molecule has 0 radical (unpaired) electrons. The van der Waals surface area contributed by atoms with Crippen molar-refractivity contribution in [3.05, 3.63) is 24.8 Å². The molecule has 0 rings (SSSR count). The molecule has 0 aliphatic rings. The maximum Gasteiger partial charge on any atom is 0.0106 e. The van der Waals surface area contributed by atoms with Crippen LogP contribution in [-0.2, 0) is 0 Å². The highest BCUT2D eigenvalue weighted by atomic mass is 14.5. The Labute approximate surface area is 44.5 Å². The van der Waals surface area contributed by atoms with E-state index >= 15 is 0 Å². The summed E-state index contributed by atoms with van der Waals surface area (Å²) in [5, 5.41) is 0. The molecule has 0 spiro atoms. The van der Waals surface area contributed by atoms with Gasteiger partial charge in [-0.05, 0) is 6.42 Å². The van der Waals surface area contributed by atoms with E-state index in [-0.39, 0.29) is 0 Å². The molecule has 0 bridgehead atoms. The van der Waals surface area contributed by atoms with Crippen LogP contribution in [0.4, 0.5) is 0 Å². The predicted octanol–water partition coefficient (Wildman–Crippen LogP) is 1.08. The summed E-state index contributed by atoms with van der Waals surface area (Å²) < 4.78 is 0. The van der Waals surface area contributed by atoms with Crippen LogP contribution in [0, 0.1) is 0 Å². The Bertz CT molecular complexity index is 64.6. The summed E-state index contributed by atoms with van der Waals surface area (Å²) in [6, 6.07) is 0. The third-order valence-corrected chi connectivity index (χ3v) is 0.605. The normalized spacial score (nSPS) is 9.86. The molecule has 0 aromatic carbocycles. The molecule has 0 fully saturated rings. The smallest absolute Gasteiger partial charge is 0.0106 e. The number of hydrogen-bond donors (Lipinski definition) is 1. The van der Waals surface area contributed by atoms with Gasteiger partial charge >= 0.3 is 0 Å². The average Bonchev–Trinajstić information content (AvgIpc) is 1.69. The fourth-order valence-electron chi connectivity index (χ4n) is 0.289. The summed E-state index contributed by atoms with van der Waals surface area (Å²) in [5.41, 5.74) is 5.15. The zero-order valence-corrected chi connectivity index (χ0v) is 4.43. The molecule has 0 heterocycles. The first-order valence-electron chi connectivity index (χ1n) is 2.37. The van der Waals surface area contributed by atoms with Gasteiger partial charge in [0.1, 0.15) is 0 Å². The minimum Gasteiger partial charge on any atom is -0.327 e. The van der Waals surface area contributed by atoms with Crippen molar-refractivity contribution in [1.29, 1.82) is 0 Å². The fraction of sp³-hybridized carbons (Fsp3) is 0.333. The van der Waals surface area contributed by atoms with Crippen molar-refractivity contribution in [2.24, 2.45) is 5.73 Å². The van der Waals surface area contributed by atoms with E-state index in [1.165, 1.54) is 0 Å². The molecular weight excluding hydrogens is 86.1 g/mol. The van der Waals surface area contributed by atoms with Crippen molar-refractivity contribution in [1.82, 2.24) is 0 Å². The van der Waals surface area contributed by atoms with Crippen molar-refractivity contribution in [2.45, 2.75) is 6.42 Å². The van der Waals surface area contributed by atoms with Gasteiger partial charge in [0.05, 0.1) is 0 Å². The number of nitrogens with two attached hydrogens (primary N) is 1. The first kappa shape index (κ1) is 6.44. The van der Waals surface area contributed by atoms with E-state index in [4.69, 9.17) is 5.73 Å². The molecule has 0 aliphatic carbocycles. The van der Waals surface area contributed by atoms with Gasteiger partial charge in [-0.15, -0.1) is 6.58 Å². The van der Waals surface area contributed by atoms with Crippen LogP contribution in [0.25, 0.3) is 0 Å². The Morgan fingerprint density at radius 1 is 1.43 bits per heavy atom. The summed E-state index contributed by atoms with van der Waals surface area (Å²) in [6.07, 6.45) is 6.68. The van der Waals surface area contributed by atoms with Crippen molar-refractivity contribution in [2.75, 3.05) is 6.54 Å². The standard InChI is InChI=1S/C6H11N/c1-2-3-4-5-6-7/h2,4-5H,1,3,6-7H2/b5-4+. The molecule has 0 atom stereocenters. The summed E-state index contributed by atoms with van der Waals surface area (Å²) in [6.45, 7) is 4.17. The summed E-state index contributed by atoms with van der Waals surface area (Å²) in [5.74, 6) is 0. The van der Waals surface area contributed by atoms with Gasteiger partial charge < -0.3 is 5.73 Å². The number of rotatable bonds is 3. The van der Waals surface area contributed by atoms with E-state index < -0.39 is 0 Å². The molecule has 40 valence electrons. The van der Waals surface area contributed by atoms with Gasteiger partial charge in [0.2, 0.25) is 0 Å². The third kappa shape index (κ3) is 5.44. The van der Waals surface area contributed by atoms with Crippen LogP contribution in [-0.4, -0.2) is 6.54 Å². The Morgan fingerprint density at radius 2 is 2.14 bits per heavy atom. The Balaban J connectivity index is 2.92. The third-order valence-electron chi connectivity index (χ3n) is 0.605. The van der Waals surface area contributed by atoms with Gasteiger partial charge in [-0.25, -0.2) is 0 Å². The zero-order valence-electron chi connectivity index (χ0n) is 4.43. The van der Waals surface area contributed by atoms with E-state index in [0.29, 0.717) is 6.54 Å². The maximum atomic E-state index is 5.15. The largest absolute Gasteiger partial charge is 0.327 e. The van der Waals surface area contributed by atoms with Gasteiger partial charge in [-0.2, -0.15) is 0 Å². The van der Waals surface area contributed by atoms with Crippen LogP contribution < -0.4 is 5.73 Å². The lowest BCUT2D eigenvalue weighted by molar-refractivity contribution is 1.23. The minimum absolute atomic E-state index is 0.633. The minimum atomic E-state index is 0.633. The van der Waals surface area contributed by atoms with E-state index in [2.05, 4.69) is 6.58 Å². The van der Waals surface area contributed by atoms with E-state index in [1.54, 1.807) is 0 Å². The highest BCUT2D eigenvalue weighted by Crippen LogP contribution is 1.79. The molecular formula is C6H11N. The van der Waals surface area contributed by atoms with Gasteiger partial charge in [-0.1, -0.05) is 18.2 Å². The van der Waals surface area contributed by atoms with Gasteiger partial charge in [0, 0.05) is 6.54 Å². The van der Waals surface area contributed by atoms with Crippen LogP contribution in [0.15, 0.2) is 24.8 Å². The monoisotopic (exact) mass is 97.1 g/mol. The second-order valence-corrected chi connectivity index (χ2v) is 1.23. The Morgan fingerprint density at radius 3 is 2.57 bits per heavy atom. The second-order valence-electron chi connectivity index (χ2n) is 1.23. The second kappa shape index (κ2) is 5.44. The zero-order chi connectivity index (χ0) is 5.54. The fourth-order valence-corrected chi connectivity index (χ4v) is 0.289. The van der Waals surface area contributed by atoms with Gasteiger partial charge in [0.15, 0.2) is 0 Å². The Hall–Kier alpha value is -0.560. The molecule has 0 saturated carbocycles. The average molecular weight is 97.2 g/mol. The molecule has 2 N–H and O–H groups in total. The molecule has 0 aliphatic heterocycles. The molecule has 0 saturated heterocycles. The highest BCUT2D eigenvalue weighted by Gasteiger charge is 1.63. The topological polar surface area (TPSA) is 26.0 Å². The van der Waals surface area contributed by atoms with Crippen LogP contribution in [0.3, 0.4) is 0 Å². The van der Waals surface area contributed by atoms with E-state index in [9.17, 15) is 0 Å². The lowest BCUT2D eigenvalue weighted by atomic mass is 10.4. The lowest BCUT2D eigenvalue weighted by Crippen LogP contribution is -1.91. The SMILES string of the molecule is C=CC/C=C/CN. The van der Waals surface area contributed by atoms with E-state index in [0.717, 1.165) is 6.42 Å². The van der Waals surface area contributed by atoms with Crippen LogP contribution >= 0.6 is 0 Å². The molecule has 1 nitrogen and oxygen atoms in total. The predicted molar refractivity (Wildman–Crippen MR) is 33.0 cm³/mol. The molecule has 1 heteroatoms. The first-order valence-corrected chi connectivity index (χ1v) is 2.37. The summed E-state index contributed by atoms with van der Waals surface area (Å²) in [7, 11) is 0. The summed E-state index contributed by atoms with van der Waals surface area (Å²) in [4.78, 5) is 0. The Kier molecular flexibility index (Phi) is 5.00. The highest BCUT2D eigenvalue weighted by molar-refractivity contribution is 4.88. The maximum absolute atomic E-state index is 5.15. The lowest BCUT2D eigenvalue weighted by Gasteiger charge is -1.75. The molecule has 7 heavy (non-hydrogen) atoms. The quantitative estimate of drug-likeness (QED) is 0.524. The number of allylic oxidation sites excluding steroid dienone is 2. The summed E-state index contributed by atoms with van der Waals surface area (Å²) >= 11 is 0. The molecule has 0 aromatic rings. The van der Waals surface area contributed by atoms with Crippen LogP contribution in [0.5, 0.6) is 0 Å². The first-order chi connectivity index (χ1) is 3.41. The van der Waals surface area contributed by atoms with Crippen molar-refractivity contribution in [3.8, 4) is 0 Å². The van der Waals surface area contributed by atoms with E-state index in [1.807, 2.05) is 18.2 Å². The number of hydrogen-bond acceptors (Lipinski definition) is 1. The molecule has 0 aromatic heterocycles. The molecule has 0 amide bonds.